The fourth-order valence-electron chi connectivity index (χ4n) is 2.91. The molecular weight excluding hydrogens is 320 g/mol. The van der Waals surface area contributed by atoms with Crippen LogP contribution in [0.15, 0.2) is 29.3 Å². The number of nitrogens with one attached hydrogen (secondary N) is 1. The second-order valence-electron chi connectivity index (χ2n) is 7.33. The summed E-state index contributed by atoms with van der Waals surface area (Å²) in [6.07, 6.45) is 9.42. The van der Waals surface area contributed by atoms with Crippen LogP contribution in [-0.4, -0.2) is 26.2 Å². The fraction of sp³-hybridized carbons (Fsp3) is 0.682. The number of nitrogens with zero attached hydrogens (tertiary/aromatic N) is 1. The molecule has 1 aromatic rings. The van der Waals surface area contributed by atoms with Gasteiger partial charge in [-0.25, -0.2) is 0 Å². The third-order valence-corrected chi connectivity index (χ3v) is 4.66. The third-order valence-electron chi connectivity index (χ3n) is 4.66. The molecular formula is C22H40N4. The quantitative estimate of drug-likeness (QED) is 0.436. The average Bonchev–Trinajstić information content (AvgIpc) is 2.83. The lowest BCUT2D eigenvalue weighted by Crippen LogP contribution is -2.12. The van der Waals surface area contributed by atoms with E-state index in [-0.39, 0.29) is 0 Å². The molecule has 26 heavy (non-hydrogen) atoms. The van der Waals surface area contributed by atoms with Gasteiger partial charge in [0.25, 0.3) is 0 Å². The minimum absolute atomic E-state index is 0.524. The van der Waals surface area contributed by atoms with Gasteiger partial charge in [0, 0.05) is 13.1 Å². The van der Waals surface area contributed by atoms with E-state index in [0.29, 0.717) is 5.92 Å². The van der Waals surface area contributed by atoms with E-state index in [1.165, 1.54) is 37.7 Å². The first kappa shape index (κ1) is 22.7. The Balaban J connectivity index is 2.69. The normalized spacial score (nSPS) is 12.0. The SMILES string of the molecule is CC(C)c1ccc(NCCCCCCN)c(=NCCCCCCN)cc1. The van der Waals surface area contributed by atoms with E-state index < -0.39 is 0 Å². The summed E-state index contributed by atoms with van der Waals surface area (Å²) >= 11 is 0. The Morgan fingerprint density at radius 3 is 2.08 bits per heavy atom. The highest BCUT2D eigenvalue weighted by Gasteiger charge is 2.00. The van der Waals surface area contributed by atoms with Crippen molar-refractivity contribution in [2.75, 3.05) is 31.5 Å². The molecule has 0 spiro atoms. The van der Waals surface area contributed by atoms with E-state index in [2.05, 4.69) is 43.4 Å². The number of nitrogens with two attached hydrogens (primary N) is 2. The molecule has 0 atom stereocenters. The summed E-state index contributed by atoms with van der Waals surface area (Å²) in [5.74, 6) is 0.524. The molecule has 0 aromatic heterocycles. The number of hydrogen-bond acceptors (Lipinski definition) is 4. The van der Waals surface area contributed by atoms with E-state index in [1.807, 2.05) is 0 Å². The van der Waals surface area contributed by atoms with Gasteiger partial charge in [0.1, 0.15) is 0 Å². The summed E-state index contributed by atoms with van der Waals surface area (Å²) in [4.78, 5) is 4.86. The van der Waals surface area contributed by atoms with Crippen LogP contribution in [-0.2, 0) is 0 Å². The number of hydrogen-bond donors (Lipinski definition) is 3. The van der Waals surface area contributed by atoms with Crippen molar-refractivity contribution in [2.45, 2.75) is 71.1 Å². The van der Waals surface area contributed by atoms with Gasteiger partial charge < -0.3 is 16.8 Å². The van der Waals surface area contributed by atoms with Gasteiger partial charge in [-0.05, 0) is 62.4 Å². The molecule has 0 heterocycles. The standard InChI is InChI=1S/C22H40N4/c1-19(2)20-11-13-21(25-17-9-5-3-7-15-23)22(14-12-20)26-18-10-6-4-8-16-24/h11-14,19H,3-10,15-18,23-24H2,1-2H3,(H,25,26). The van der Waals surface area contributed by atoms with Gasteiger partial charge in [0.2, 0.25) is 0 Å². The lowest BCUT2D eigenvalue weighted by Gasteiger charge is -2.05. The van der Waals surface area contributed by atoms with Gasteiger partial charge in [-0.15, -0.1) is 0 Å². The zero-order valence-corrected chi connectivity index (χ0v) is 17.0. The highest BCUT2D eigenvalue weighted by atomic mass is 14.9. The molecule has 0 saturated heterocycles. The van der Waals surface area contributed by atoms with Crippen molar-refractivity contribution in [1.82, 2.24) is 0 Å². The lowest BCUT2D eigenvalue weighted by atomic mass is 10.1. The Morgan fingerprint density at radius 2 is 1.42 bits per heavy atom. The Bertz CT molecular complexity index is 540. The fourth-order valence-corrected chi connectivity index (χ4v) is 2.91. The maximum Gasteiger partial charge on any atom is 0.0805 e. The molecule has 0 aliphatic heterocycles. The average molecular weight is 361 g/mol. The molecule has 0 unspecified atom stereocenters. The molecule has 0 saturated carbocycles. The van der Waals surface area contributed by atoms with Crippen molar-refractivity contribution in [3.63, 3.8) is 0 Å². The van der Waals surface area contributed by atoms with Crippen LogP contribution in [0.3, 0.4) is 0 Å². The molecule has 4 nitrogen and oxygen atoms in total. The van der Waals surface area contributed by atoms with E-state index >= 15 is 0 Å². The Morgan fingerprint density at radius 1 is 0.808 bits per heavy atom. The highest BCUT2D eigenvalue weighted by molar-refractivity contribution is 5.43. The van der Waals surface area contributed by atoms with Crippen LogP contribution in [0, 0.1) is 0 Å². The molecule has 0 aliphatic carbocycles. The lowest BCUT2D eigenvalue weighted by molar-refractivity contribution is 0.650. The van der Waals surface area contributed by atoms with Crippen LogP contribution in [0.4, 0.5) is 5.69 Å². The van der Waals surface area contributed by atoms with Gasteiger partial charge >= 0.3 is 0 Å². The van der Waals surface area contributed by atoms with Crippen molar-refractivity contribution in [3.8, 4) is 0 Å². The minimum atomic E-state index is 0.524. The topological polar surface area (TPSA) is 76.4 Å². The molecule has 0 bridgehead atoms. The third kappa shape index (κ3) is 9.93. The first-order valence-corrected chi connectivity index (χ1v) is 10.5. The Hall–Kier alpha value is -1.39. The van der Waals surface area contributed by atoms with Crippen LogP contribution >= 0.6 is 0 Å². The van der Waals surface area contributed by atoms with Crippen LogP contribution in [0.25, 0.3) is 0 Å². The van der Waals surface area contributed by atoms with Crippen LogP contribution < -0.4 is 22.1 Å². The summed E-state index contributed by atoms with van der Waals surface area (Å²) in [6, 6.07) is 8.81. The van der Waals surface area contributed by atoms with Crippen molar-refractivity contribution >= 4 is 5.69 Å². The summed E-state index contributed by atoms with van der Waals surface area (Å²) in [6.45, 7) is 7.93. The molecule has 4 heteroatoms. The maximum atomic E-state index is 5.56. The number of rotatable bonds is 14. The predicted molar refractivity (Wildman–Crippen MR) is 114 cm³/mol. The second kappa shape index (κ2) is 14.7. The summed E-state index contributed by atoms with van der Waals surface area (Å²) in [5.41, 5.74) is 13.6. The van der Waals surface area contributed by atoms with Crippen LogP contribution in [0.5, 0.6) is 0 Å². The first-order valence-electron chi connectivity index (χ1n) is 10.5. The minimum Gasteiger partial charge on any atom is -0.383 e. The predicted octanol–water partition coefficient (Wildman–Crippen LogP) is 4.16. The maximum absolute atomic E-state index is 5.56. The second-order valence-corrected chi connectivity index (χ2v) is 7.33. The van der Waals surface area contributed by atoms with Gasteiger partial charge in [-0.2, -0.15) is 0 Å². The smallest absolute Gasteiger partial charge is 0.0805 e. The van der Waals surface area contributed by atoms with Crippen LogP contribution in [0.1, 0.15) is 76.7 Å². The molecule has 5 N–H and O–H groups in total. The van der Waals surface area contributed by atoms with E-state index in [1.54, 1.807) is 0 Å². The molecule has 0 amide bonds. The van der Waals surface area contributed by atoms with Gasteiger partial charge in [0.15, 0.2) is 0 Å². The van der Waals surface area contributed by atoms with E-state index in [0.717, 1.165) is 56.5 Å². The molecule has 0 radical (unpaired) electrons. The summed E-state index contributed by atoms with van der Waals surface area (Å²) in [5, 5.41) is 4.68. The highest BCUT2D eigenvalue weighted by Crippen LogP contribution is 2.13. The molecule has 0 aliphatic rings. The van der Waals surface area contributed by atoms with Crippen molar-refractivity contribution in [2.24, 2.45) is 16.5 Å². The van der Waals surface area contributed by atoms with Crippen molar-refractivity contribution < 1.29 is 0 Å². The number of anilines is 1. The zero-order chi connectivity index (χ0) is 19.0. The molecule has 0 fully saturated rings. The molecule has 148 valence electrons. The van der Waals surface area contributed by atoms with Gasteiger partial charge in [-0.1, -0.05) is 51.7 Å². The van der Waals surface area contributed by atoms with Crippen molar-refractivity contribution in [3.05, 3.63) is 35.2 Å². The molecule has 1 aromatic carbocycles. The van der Waals surface area contributed by atoms with Gasteiger partial charge in [-0.3, -0.25) is 4.99 Å². The largest absolute Gasteiger partial charge is 0.383 e. The summed E-state index contributed by atoms with van der Waals surface area (Å²) < 4.78 is 0. The van der Waals surface area contributed by atoms with Gasteiger partial charge in [0.05, 0.1) is 11.0 Å². The Kier molecular flexibility index (Phi) is 12.8. The summed E-state index contributed by atoms with van der Waals surface area (Å²) in [7, 11) is 0. The molecule has 1 rings (SSSR count). The zero-order valence-electron chi connectivity index (χ0n) is 17.0. The monoisotopic (exact) mass is 360 g/mol. The van der Waals surface area contributed by atoms with E-state index in [9.17, 15) is 0 Å². The first-order chi connectivity index (χ1) is 12.7. The van der Waals surface area contributed by atoms with Crippen molar-refractivity contribution in [1.29, 1.82) is 0 Å². The Labute approximate surface area is 160 Å². The van der Waals surface area contributed by atoms with E-state index in [4.69, 9.17) is 16.5 Å². The number of unbranched alkanes of at least 4 members (excludes halogenated alkanes) is 6. The van der Waals surface area contributed by atoms with Crippen LogP contribution in [0.2, 0.25) is 0 Å².